The molecule has 1 amide bonds. The number of pyridine rings is 1. The number of aromatic nitrogens is 3. The van der Waals surface area contributed by atoms with Crippen molar-refractivity contribution in [3.63, 3.8) is 0 Å². The number of benzene rings is 1. The van der Waals surface area contributed by atoms with Crippen molar-refractivity contribution < 1.29 is 9.21 Å². The number of rotatable bonds is 5. The number of anilines is 1. The van der Waals surface area contributed by atoms with Crippen LogP contribution in [0, 0.1) is 3.57 Å². The quantitative estimate of drug-likeness (QED) is 0.486. The molecule has 0 saturated heterocycles. The second-order valence-electron chi connectivity index (χ2n) is 4.43. The van der Waals surface area contributed by atoms with Crippen LogP contribution >= 0.6 is 34.4 Å². The molecule has 8 heteroatoms. The average Bonchev–Trinajstić information content (AvgIpc) is 3.05. The van der Waals surface area contributed by atoms with E-state index < -0.39 is 0 Å². The van der Waals surface area contributed by atoms with Crippen LogP contribution in [0.2, 0.25) is 0 Å². The summed E-state index contributed by atoms with van der Waals surface area (Å²) in [5.41, 5.74) is 1.59. The summed E-state index contributed by atoms with van der Waals surface area (Å²) in [6.07, 6.45) is 3.31. The maximum Gasteiger partial charge on any atom is 0.277 e. The van der Waals surface area contributed by atoms with E-state index in [-0.39, 0.29) is 11.7 Å². The molecule has 1 N–H and O–H groups in total. The maximum atomic E-state index is 12.0. The lowest BCUT2D eigenvalue weighted by Gasteiger charge is -2.05. The zero-order chi connectivity index (χ0) is 16.1. The minimum atomic E-state index is -0.122. The van der Waals surface area contributed by atoms with Gasteiger partial charge in [-0.15, -0.1) is 10.2 Å². The van der Waals surface area contributed by atoms with Crippen molar-refractivity contribution in [3.8, 4) is 11.5 Å². The minimum Gasteiger partial charge on any atom is -0.411 e. The first kappa shape index (κ1) is 15.9. The van der Waals surface area contributed by atoms with E-state index in [9.17, 15) is 4.79 Å². The fourth-order valence-electron chi connectivity index (χ4n) is 1.76. The minimum absolute atomic E-state index is 0.122. The van der Waals surface area contributed by atoms with Crippen molar-refractivity contribution in [2.45, 2.75) is 5.22 Å². The van der Waals surface area contributed by atoms with Gasteiger partial charge in [0.2, 0.25) is 11.8 Å². The number of carbonyl (C=O) groups is 1. The molecule has 0 radical (unpaired) electrons. The van der Waals surface area contributed by atoms with Gasteiger partial charge in [0.15, 0.2) is 0 Å². The zero-order valence-corrected chi connectivity index (χ0v) is 14.7. The molecule has 0 aliphatic carbocycles. The molecule has 0 aliphatic heterocycles. The molecular formula is C15H11IN4O2S. The summed E-state index contributed by atoms with van der Waals surface area (Å²) < 4.78 is 6.51. The third kappa shape index (κ3) is 4.29. The van der Waals surface area contributed by atoms with Gasteiger partial charge in [-0.25, -0.2) is 0 Å². The molecule has 3 aromatic rings. The Kier molecular flexibility index (Phi) is 5.23. The number of nitrogens with one attached hydrogen (secondary N) is 1. The van der Waals surface area contributed by atoms with Crippen LogP contribution in [0.25, 0.3) is 11.5 Å². The number of hydrogen-bond acceptors (Lipinski definition) is 6. The van der Waals surface area contributed by atoms with Gasteiger partial charge in [-0.05, 0) is 46.9 Å². The van der Waals surface area contributed by atoms with Crippen LogP contribution in [0.1, 0.15) is 0 Å². The van der Waals surface area contributed by atoms with E-state index in [0.29, 0.717) is 11.1 Å². The van der Waals surface area contributed by atoms with Gasteiger partial charge in [-0.2, -0.15) is 0 Å². The van der Waals surface area contributed by atoms with Crippen molar-refractivity contribution >= 4 is 45.9 Å². The topological polar surface area (TPSA) is 80.9 Å². The second-order valence-corrected chi connectivity index (χ2v) is 6.51. The van der Waals surface area contributed by atoms with E-state index in [1.54, 1.807) is 24.5 Å². The number of carbonyl (C=O) groups excluding carboxylic acids is 1. The third-order valence-electron chi connectivity index (χ3n) is 2.81. The van der Waals surface area contributed by atoms with E-state index in [2.05, 4.69) is 43.1 Å². The van der Waals surface area contributed by atoms with Gasteiger partial charge in [0.05, 0.1) is 11.4 Å². The predicted octanol–water partition coefficient (Wildman–Crippen LogP) is 3.47. The lowest BCUT2D eigenvalue weighted by atomic mass is 10.3. The van der Waals surface area contributed by atoms with Crippen LogP contribution in [0.15, 0.2) is 58.4 Å². The highest BCUT2D eigenvalue weighted by Crippen LogP contribution is 2.23. The summed E-state index contributed by atoms with van der Waals surface area (Å²) in [5.74, 6) is 0.485. The third-order valence-corrected chi connectivity index (χ3v) is 4.57. The van der Waals surface area contributed by atoms with E-state index in [0.717, 1.165) is 14.8 Å². The first-order valence-corrected chi connectivity index (χ1v) is 8.70. The SMILES string of the molecule is O=C(CSc1nnc(-c2ccncc2)o1)Nc1ccccc1I. The van der Waals surface area contributed by atoms with Gasteiger partial charge in [-0.3, -0.25) is 9.78 Å². The molecule has 116 valence electrons. The van der Waals surface area contributed by atoms with Crippen LogP contribution in [0.3, 0.4) is 0 Å². The van der Waals surface area contributed by atoms with Crippen molar-refractivity contribution in [1.29, 1.82) is 0 Å². The van der Waals surface area contributed by atoms with Crippen LogP contribution in [0.5, 0.6) is 0 Å². The molecule has 2 aromatic heterocycles. The standard InChI is InChI=1S/C15H11IN4O2S/c16-11-3-1-2-4-12(11)18-13(21)9-23-15-20-19-14(22-15)10-5-7-17-8-6-10/h1-8H,9H2,(H,18,21). The van der Waals surface area contributed by atoms with Crippen LogP contribution in [-0.4, -0.2) is 26.8 Å². The van der Waals surface area contributed by atoms with Gasteiger partial charge < -0.3 is 9.73 Å². The number of nitrogens with zero attached hydrogens (tertiary/aromatic N) is 3. The zero-order valence-electron chi connectivity index (χ0n) is 11.8. The Labute approximate surface area is 150 Å². The number of thioether (sulfide) groups is 1. The molecule has 3 rings (SSSR count). The van der Waals surface area contributed by atoms with Crippen LogP contribution < -0.4 is 5.32 Å². The number of hydrogen-bond donors (Lipinski definition) is 1. The highest BCUT2D eigenvalue weighted by Gasteiger charge is 2.11. The molecule has 2 heterocycles. The fourth-order valence-corrected chi connectivity index (χ4v) is 2.84. The van der Waals surface area contributed by atoms with Crippen molar-refractivity contribution in [1.82, 2.24) is 15.2 Å². The molecule has 0 fully saturated rings. The molecular weight excluding hydrogens is 427 g/mol. The summed E-state index contributed by atoms with van der Waals surface area (Å²) in [4.78, 5) is 15.9. The lowest BCUT2D eigenvalue weighted by Crippen LogP contribution is -2.14. The highest BCUT2D eigenvalue weighted by molar-refractivity contribution is 14.1. The van der Waals surface area contributed by atoms with Crippen LogP contribution in [0.4, 0.5) is 5.69 Å². The summed E-state index contributed by atoms with van der Waals surface area (Å²) in [5, 5.41) is 11.1. The van der Waals surface area contributed by atoms with Crippen molar-refractivity contribution in [3.05, 3.63) is 52.4 Å². The molecule has 6 nitrogen and oxygen atoms in total. The summed E-state index contributed by atoms with van der Waals surface area (Å²) in [6, 6.07) is 11.2. The van der Waals surface area contributed by atoms with Crippen molar-refractivity contribution in [2.75, 3.05) is 11.1 Å². The predicted molar refractivity (Wildman–Crippen MR) is 96.0 cm³/mol. The Morgan fingerprint density at radius 1 is 1.17 bits per heavy atom. The number of amides is 1. The van der Waals surface area contributed by atoms with Gasteiger partial charge >= 0.3 is 0 Å². The van der Waals surface area contributed by atoms with E-state index >= 15 is 0 Å². The summed E-state index contributed by atoms with van der Waals surface area (Å²) in [6.45, 7) is 0. The maximum absolute atomic E-state index is 12.0. The Morgan fingerprint density at radius 3 is 2.74 bits per heavy atom. The molecule has 0 saturated carbocycles. The first-order valence-electron chi connectivity index (χ1n) is 6.63. The highest BCUT2D eigenvalue weighted by atomic mass is 127. The average molecular weight is 438 g/mol. The Morgan fingerprint density at radius 2 is 1.96 bits per heavy atom. The smallest absolute Gasteiger partial charge is 0.277 e. The second kappa shape index (κ2) is 7.55. The lowest BCUT2D eigenvalue weighted by molar-refractivity contribution is -0.113. The fraction of sp³-hybridized carbons (Fsp3) is 0.0667. The molecule has 0 spiro atoms. The van der Waals surface area contributed by atoms with Gasteiger partial charge in [-0.1, -0.05) is 23.9 Å². The Hall–Kier alpha value is -1.94. The molecule has 0 aliphatic rings. The summed E-state index contributed by atoms with van der Waals surface area (Å²) >= 11 is 3.37. The van der Waals surface area contributed by atoms with Gasteiger partial charge in [0.1, 0.15) is 0 Å². The number of para-hydroxylation sites is 1. The first-order chi connectivity index (χ1) is 11.2. The molecule has 0 unspecified atom stereocenters. The van der Waals surface area contributed by atoms with E-state index in [1.807, 2.05) is 24.3 Å². The Bertz CT molecular complexity index is 810. The van der Waals surface area contributed by atoms with Gasteiger partial charge in [0.25, 0.3) is 5.22 Å². The van der Waals surface area contributed by atoms with Crippen LogP contribution in [-0.2, 0) is 4.79 Å². The Balaban J connectivity index is 1.58. The number of halogens is 1. The van der Waals surface area contributed by atoms with E-state index in [1.165, 1.54) is 11.8 Å². The summed E-state index contributed by atoms with van der Waals surface area (Å²) in [7, 11) is 0. The monoisotopic (exact) mass is 438 g/mol. The molecule has 0 bridgehead atoms. The molecule has 23 heavy (non-hydrogen) atoms. The molecule has 1 aromatic carbocycles. The normalized spacial score (nSPS) is 10.5. The molecule has 0 atom stereocenters. The largest absolute Gasteiger partial charge is 0.411 e. The van der Waals surface area contributed by atoms with E-state index in [4.69, 9.17) is 4.42 Å². The van der Waals surface area contributed by atoms with Crippen molar-refractivity contribution in [2.24, 2.45) is 0 Å². The van der Waals surface area contributed by atoms with Gasteiger partial charge in [0, 0.05) is 21.5 Å².